The summed E-state index contributed by atoms with van der Waals surface area (Å²) in [5.74, 6) is 5.60. The maximum Gasteiger partial charge on any atom is 0.199 e. The molecule has 2 aromatic rings. The Balaban J connectivity index is 1.71. The van der Waals surface area contributed by atoms with E-state index in [1.165, 1.54) is 6.34 Å². The lowest BCUT2D eigenvalue weighted by molar-refractivity contribution is -0.113. The van der Waals surface area contributed by atoms with E-state index >= 15 is 0 Å². The molecule has 162 valence electrons. The second-order valence-corrected chi connectivity index (χ2v) is 7.83. The second-order valence-electron chi connectivity index (χ2n) is 7.42. The minimum Gasteiger partial charge on any atom is -0.394 e. The molecule has 0 radical (unpaired) electrons. The van der Waals surface area contributed by atoms with Gasteiger partial charge in [0.25, 0.3) is 0 Å². The number of ether oxygens (including phenoxy) is 1. The molecule has 3 atom stereocenters. The van der Waals surface area contributed by atoms with Crippen LogP contribution in [0.25, 0.3) is 0 Å². The smallest absolute Gasteiger partial charge is 0.199 e. The number of hydrogen-bond acceptors (Lipinski definition) is 4. The first-order valence-electron chi connectivity index (χ1n) is 10.1. The van der Waals surface area contributed by atoms with Gasteiger partial charge < -0.3 is 20.3 Å². The average Bonchev–Trinajstić information content (AvgIpc) is 2.78. The van der Waals surface area contributed by atoms with Gasteiger partial charge in [0.05, 0.1) is 31.3 Å². The molecule has 0 spiro atoms. The zero-order valence-electron chi connectivity index (χ0n) is 17.3. The monoisotopic (exact) mass is 439 g/mol. The summed E-state index contributed by atoms with van der Waals surface area (Å²) < 4.78 is 5.92. The van der Waals surface area contributed by atoms with Gasteiger partial charge in [-0.15, -0.1) is 0 Å². The molecule has 1 unspecified atom stereocenters. The van der Waals surface area contributed by atoms with Crippen LogP contribution < -0.4 is 5.32 Å². The molecule has 0 aromatic heterocycles. The highest BCUT2D eigenvalue weighted by Gasteiger charge is 2.29. The Morgan fingerprint density at radius 1 is 1.29 bits per heavy atom. The van der Waals surface area contributed by atoms with Crippen LogP contribution in [0.2, 0.25) is 5.02 Å². The molecule has 0 aliphatic carbocycles. The summed E-state index contributed by atoms with van der Waals surface area (Å²) in [5.41, 5.74) is 3.78. The molecule has 6 nitrogen and oxygen atoms in total. The molecule has 0 amide bonds. The predicted octanol–water partition coefficient (Wildman–Crippen LogP) is 3.08. The topological polar surface area (TPSA) is 97.9 Å². The Labute approximate surface area is 187 Å². The third-order valence-electron chi connectivity index (χ3n) is 5.02. The molecule has 0 bridgehead atoms. The number of nitrogens with one attached hydrogen (secondary N) is 2. The van der Waals surface area contributed by atoms with Crippen molar-refractivity contribution in [2.75, 3.05) is 13.7 Å². The summed E-state index contributed by atoms with van der Waals surface area (Å²) in [7, 11) is 1.71. The molecule has 1 aliphatic rings. The number of aliphatic hydroxyl groups excluding tert-OH is 2. The van der Waals surface area contributed by atoms with E-state index in [2.05, 4.69) is 22.2 Å². The first kappa shape index (κ1) is 23.0. The lowest BCUT2D eigenvalue weighted by Gasteiger charge is -2.32. The Kier molecular flexibility index (Phi) is 8.21. The van der Waals surface area contributed by atoms with Crippen molar-refractivity contribution < 1.29 is 14.9 Å². The van der Waals surface area contributed by atoms with Crippen molar-refractivity contribution in [2.24, 2.45) is 4.99 Å². The van der Waals surface area contributed by atoms with E-state index in [0.29, 0.717) is 24.3 Å². The van der Waals surface area contributed by atoms with Crippen LogP contribution in [0.4, 0.5) is 0 Å². The van der Waals surface area contributed by atoms with E-state index in [9.17, 15) is 10.2 Å². The van der Waals surface area contributed by atoms with E-state index < -0.39 is 6.10 Å². The lowest BCUT2D eigenvalue weighted by atomic mass is 9.94. The van der Waals surface area contributed by atoms with Gasteiger partial charge in [-0.1, -0.05) is 41.8 Å². The van der Waals surface area contributed by atoms with Crippen LogP contribution in [0, 0.1) is 17.3 Å². The normalized spacial score (nSPS) is 20.8. The van der Waals surface area contributed by atoms with Crippen molar-refractivity contribution in [3.63, 3.8) is 0 Å². The third kappa shape index (κ3) is 6.65. The van der Waals surface area contributed by atoms with Crippen molar-refractivity contribution in [2.45, 2.75) is 37.6 Å². The van der Waals surface area contributed by atoms with Crippen molar-refractivity contribution in [3.8, 4) is 11.8 Å². The van der Waals surface area contributed by atoms with Crippen LogP contribution in [-0.4, -0.2) is 48.2 Å². The Bertz CT molecular complexity index is 995. The molecule has 7 heteroatoms. The second kappa shape index (κ2) is 11.1. The van der Waals surface area contributed by atoms with E-state index in [1.807, 2.05) is 42.5 Å². The average molecular weight is 440 g/mol. The van der Waals surface area contributed by atoms with Crippen LogP contribution in [-0.2, 0) is 11.2 Å². The number of aliphatic imine (C=N–C) groups is 1. The number of halogens is 1. The summed E-state index contributed by atoms with van der Waals surface area (Å²) in [6.45, 7) is -0.107. The van der Waals surface area contributed by atoms with Gasteiger partial charge in [0.15, 0.2) is 5.84 Å². The van der Waals surface area contributed by atoms with Gasteiger partial charge in [-0.2, -0.15) is 0 Å². The van der Waals surface area contributed by atoms with Gasteiger partial charge in [-0.05, 0) is 47.2 Å². The van der Waals surface area contributed by atoms with Gasteiger partial charge in [-0.25, -0.2) is 4.99 Å². The number of rotatable bonds is 5. The molecular formula is C24H26ClN3O3. The molecule has 1 fully saturated rings. The zero-order valence-corrected chi connectivity index (χ0v) is 18.1. The first-order valence-corrected chi connectivity index (χ1v) is 10.5. The Morgan fingerprint density at radius 2 is 2.06 bits per heavy atom. The highest BCUT2D eigenvalue weighted by Crippen LogP contribution is 2.33. The largest absolute Gasteiger partial charge is 0.394 e. The fourth-order valence-corrected chi connectivity index (χ4v) is 3.66. The molecular weight excluding hydrogens is 414 g/mol. The molecule has 0 saturated carbocycles. The van der Waals surface area contributed by atoms with Crippen molar-refractivity contribution in [3.05, 3.63) is 69.7 Å². The summed E-state index contributed by atoms with van der Waals surface area (Å²) in [5, 5.41) is 30.5. The molecule has 1 saturated heterocycles. The molecule has 31 heavy (non-hydrogen) atoms. The fraction of sp³-hybridized carbons (Fsp3) is 0.333. The number of aliphatic hydroxyl groups is 2. The molecule has 1 heterocycles. The van der Waals surface area contributed by atoms with Gasteiger partial charge in [0.1, 0.15) is 0 Å². The van der Waals surface area contributed by atoms with Crippen LogP contribution in [0.1, 0.15) is 41.2 Å². The zero-order chi connectivity index (χ0) is 22.2. The van der Waals surface area contributed by atoms with Crippen LogP contribution >= 0.6 is 11.6 Å². The van der Waals surface area contributed by atoms with Crippen molar-refractivity contribution in [1.29, 1.82) is 5.41 Å². The number of benzene rings is 2. The minimum absolute atomic E-state index is 0.0134. The molecule has 2 aromatic carbocycles. The number of amidine groups is 1. The van der Waals surface area contributed by atoms with E-state index in [0.717, 1.165) is 22.3 Å². The van der Waals surface area contributed by atoms with Crippen molar-refractivity contribution >= 4 is 23.8 Å². The maximum absolute atomic E-state index is 10.1. The number of nitrogens with zero attached hydrogens (tertiary/aromatic N) is 1. The highest BCUT2D eigenvalue weighted by molar-refractivity contribution is 6.31. The van der Waals surface area contributed by atoms with Crippen LogP contribution in [0.5, 0.6) is 0 Å². The Hall–Kier alpha value is -2.69. The van der Waals surface area contributed by atoms with Crippen LogP contribution in [0.3, 0.4) is 0 Å². The summed E-state index contributed by atoms with van der Waals surface area (Å²) >= 11 is 6.43. The third-order valence-corrected chi connectivity index (χ3v) is 5.39. The van der Waals surface area contributed by atoms with Gasteiger partial charge >= 0.3 is 0 Å². The first-order chi connectivity index (χ1) is 15.0. The summed E-state index contributed by atoms with van der Waals surface area (Å²) in [6, 6.07) is 13.5. The quantitative estimate of drug-likeness (QED) is 0.327. The molecule has 3 rings (SSSR count). The SMILES string of the molecule is CN/C=N\C(=N)C#Cc1ccc(Cc2cc([C@H]3CC(O)C[C@@H](CO)O3)ccc2Cl)cc1. The Morgan fingerprint density at radius 3 is 2.77 bits per heavy atom. The van der Waals surface area contributed by atoms with Gasteiger partial charge in [-0.3, -0.25) is 5.41 Å². The van der Waals surface area contributed by atoms with E-state index in [-0.39, 0.29) is 24.7 Å². The summed E-state index contributed by atoms with van der Waals surface area (Å²) in [4.78, 5) is 3.82. The summed E-state index contributed by atoms with van der Waals surface area (Å²) in [6.07, 6.45) is 1.89. The van der Waals surface area contributed by atoms with E-state index in [4.69, 9.17) is 21.7 Å². The van der Waals surface area contributed by atoms with Gasteiger partial charge in [0.2, 0.25) is 0 Å². The number of hydrogen-bond donors (Lipinski definition) is 4. The fourth-order valence-electron chi connectivity index (χ4n) is 3.47. The highest BCUT2D eigenvalue weighted by atomic mass is 35.5. The van der Waals surface area contributed by atoms with Crippen LogP contribution in [0.15, 0.2) is 47.5 Å². The minimum atomic E-state index is -0.492. The maximum atomic E-state index is 10.1. The molecule has 4 N–H and O–H groups in total. The van der Waals surface area contributed by atoms with Gasteiger partial charge in [0, 0.05) is 30.5 Å². The predicted molar refractivity (Wildman–Crippen MR) is 123 cm³/mol. The lowest BCUT2D eigenvalue weighted by Crippen LogP contribution is -2.33. The van der Waals surface area contributed by atoms with Crippen molar-refractivity contribution in [1.82, 2.24) is 5.32 Å². The standard InChI is InChI=1S/C24H26ClN3O3/c1-27-15-28-24(26)9-6-16-2-4-17(5-3-16)10-19-11-18(7-8-22(19)25)23-13-20(30)12-21(14-29)31-23/h2-5,7-8,11,15,20-21,23,29-30H,10,12-14H2,1H3,(H2,26,27,28)/t20?,21-,23+/m0/s1. The van der Waals surface area contributed by atoms with E-state index in [1.54, 1.807) is 7.05 Å². The molecule has 1 aliphatic heterocycles.